The third-order valence-corrected chi connectivity index (χ3v) is 14.3. The smallest absolute Gasteiger partial charge is 0.220 e. The summed E-state index contributed by atoms with van der Waals surface area (Å²) >= 11 is 0. The predicted octanol–water partition coefficient (Wildman–Crippen LogP) is 12.6. The number of aliphatic hydroxyl groups excluding tert-OH is 8. The zero-order valence-electron chi connectivity index (χ0n) is 52.7. The molecule has 12 unspecified atom stereocenters. The van der Waals surface area contributed by atoms with Gasteiger partial charge in [-0.3, -0.25) is 4.79 Å². The van der Waals surface area contributed by atoms with Gasteiger partial charge in [-0.25, -0.2) is 0 Å². The summed E-state index contributed by atoms with van der Waals surface area (Å²) in [5, 5.41) is 87.0. The summed E-state index contributed by atoms with van der Waals surface area (Å²) < 4.78 is 22.7. The summed E-state index contributed by atoms with van der Waals surface area (Å²) in [5.41, 5.74) is 0. The molecule has 1 amide bonds. The molecule has 14 heteroatoms. The third-order valence-electron chi connectivity index (χ3n) is 14.3. The molecule has 2 heterocycles. The second kappa shape index (κ2) is 55.2. The lowest BCUT2D eigenvalue weighted by atomic mass is 9.97. The third kappa shape index (κ3) is 39.7. The van der Waals surface area contributed by atoms with Crippen molar-refractivity contribution in [2.45, 2.75) is 248 Å². The fourth-order valence-corrected chi connectivity index (χ4v) is 9.11. The molecular weight excluding hydrogens is 1100 g/mol. The van der Waals surface area contributed by atoms with Crippen LogP contribution in [0, 0.1) is 0 Å². The second-order valence-corrected chi connectivity index (χ2v) is 21.8. The fraction of sp³-hybridized carbons (Fsp3) is 0.575. The van der Waals surface area contributed by atoms with Gasteiger partial charge in [0.15, 0.2) is 12.6 Å². The number of rotatable bonds is 49. The standard InChI is InChI=1S/C73H113NO13/c1-3-5-7-9-11-13-15-17-18-19-20-21-22-23-24-25-26-27-28-29-30-31-32-33-34-35-36-37-38-39-40-41-42-43-44-45-47-49-51-53-55-57-65(78)74-61(62(77)56-54-52-50-48-46-16-14-12-10-8-6-4-2)60-84-72-70(83)68(81)71(64(59-76)86-72)87-73-69(82)67(80)66(79)63(58-75)85-73/h5,7,10-13,17-18,20-21,23-24,26-27,29-30,32-33,35-36,38-39,41-42,44-46,48,54,56,61-64,66-73,75-77,79-83H,3-4,6,8-9,14-16,19,22,25,28,31,34,37,40,43,47,49-53,55,57-60H2,1-2H3,(H,74,78)/b7-5-,12-10+,13-11-,18-17-,21-20-,24-23-,27-26-,30-29-,33-32-,36-35-,39-38-,42-41-,45-44-,48-46+,56-54+. The first-order chi connectivity index (χ1) is 42.6. The summed E-state index contributed by atoms with van der Waals surface area (Å²) in [6.45, 7) is 2.55. The Morgan fingerprint density at radius 1 is 0.425 bits per heavy atom. The molecule has 0 aromatic heterocycles. The summed E-state index contributed by atoms with van der Waals surface area (Å²) in [4.78, 5) is 13.2. The summed E-state index contributed by atoms with van der Waals surface area (Å²) in [6.07, 6.45) is 71.0. The van der Waals surface area contributed by atoms with E-state index in [1.54, 1.807) is 6.08 Å². The van der Waals surface area contributed by atoms with E-state index in [-0.39, 0.29) is 18.9 Å². The first kappa shape index (κ1) is 78.2. The van der Waals surface area contributed by atoms with E-state index in [1.807, 2.05) is 6.08 Å². The molecule has 0 radical (unpaired) electrons. The molecule has 9 N–H and O–H groups in total. The first-order valence-corrected chi connectivity index (χ1v) is 32.5. The molecule has 0 spiro atoms. The molecule has 2 aliphatic rings. The monoisotopic (exact) mass is 1210 g/mol. The van der Waals surface area contributed by atoms with Crippen molar-refractivity contribution in [2.24, 2.45) is 0 Å². The van der Waals surface area contributed by atoms with Crippen molar-refractivity contribution < 1.29 is 64.6 Å². The number of nitrogens with one attached hydrogen (secondary N) is 1. The van der Waals surface area contributed by atoms with Crippen LogP contribution in [0.5, 0.6) is 0 Å². The van der Waals surface area contributed by atoms with Crippen LogP contribution in [-0.4, -0.2) is 140 Å². The van der Waals surface area contributed by atoms with Crippen molar-refractivity contribution in [1.82, 2.24) is 5.32 Å². The molecule has 87 heavy (non-hydrogen) atoms. The van der Waals surface area contributed by atoms with Crippen LogP contribution in [0.25, 0.3) is 0 Å². The van der Waals surface area contributed by atoms with Gasteiger partial charge in [-0.15, -0.1) is 0 Å². The van der Waals surface area contributed by atoms with Crippen LogP contribution in [0.1, 0.15) is 174 Å². The zero-order chi connectivity index (χ0) is 63.1. The number of amides is 1. The Morgan fingerprint density at radius 3 is 1.25 bits per heavy atom. The van der Waals surface area contributed by atoms with Gasteiger partial charge in [-0.05, 0) is 128 Å². The summed E-state index contributed by atoms with van der Waals surface area (Å²) in [7, 11) is 0. The molecule has 12 atom stereocenters. The van der Waals surface area contributed by atoms with Crippen LogP contribution in [0.2, 0.25) is 0 Å². The molecule has 0 aromatic rings. The predicted molar refractivity (Wildman–Crippen MR) is 354 cm³/mol. The van der Waals surface area contributed by atoms with Gasteiger partial charge in [0, 0.05) is 6.42 Å². The van der Waals surface area contributed by atoms with Gasteiger partial charge < -0.3 is 65.1 Å². The van der Waals surface area contributed by atoms with Crippen molar-refractivity contribution in [1.29, 1.82) is 0 Å². The van der Waals surface area contributed by atoms with Crippen molar-refractivity contribution in [3.63, 3.8) is 0 Å². The first-order valence-electron chi connectivity index (χ1n) is 32.5. The number of carbonyl (C=O) groups is 1. The molecular formula is C73H113NO13. The van der Waals surface area contributed by atoms with E-state index < -0.39 is 86.8 Å². The van der Waals surface area contributed by atoms with Gasteiger partial charge in [0.2, 0.25) is 5.91 Å². The Kier molecular flexibility index (Phi) is 49.6. The second-order valence-electron chi connectivity index (χ2n) is 21.8. The molecule has 14 nitrogen and oxygen atoms in total. The maximum absolute atomic E-state index is 13.2. The SMILES string of the molecule is CC/C=C\C/C=C\C/C=C\C/C=C\C/C=C\C/C=C\C/C=C\C/C=C\C/C=C\C/C=C\C/C=C\C/C=C\CCCCCCC(=O)NC(COC1OC(CO)C(OC2OC(CO)C(O)C(O)C2O)C(O)C1O)C(O)/C=C/CC/C=C/CC/C=C/CCCC. The van der Waals surface area contributed by atoms with Gasteiger partial charge in [-0.1, -0.05) is 222 Å². The van der Waals surface area contributed by atoms with E-state index in [0.29, 0.717) is 12.8 Å². The van der Waals surface area contributed by atoms with E-state index >= 15 is 0 Å². The average molecular weight is 1210 g/mol. The maximum atomic E-state index is 13.2. The number of carbonyl (C=O) groups excluding carboxylic acids is 1. The Balaban J connectivity index is 1.65. The van der Waals surface area contributed by atoms with Crippen LogP contribution < -0.4 is 5.32 Å². The topological polar surface area (TPSA) is 228 Å². The average Bonchev–Trinajstić information content (AvgIpc) is 2.31. The highest BCUT2D eigenvalue weighted by Crippen LogP contribution is 2.30. The minimum atomic E-state index is -1.80. The van der Waals surface area contributed by atoms with E-state index in [1.165, 1.54) is 12.8 Å². The van der Waals surface area contributed by atoms with Gasteiger partial charge in [0.05, 0.1) is 32.0 Å². The number of hydrogen-bond acceptors (Lipinski definition) is 13. The molecule has 0 bridgehead atoms. The Bertz CT molecular complexity index is 2160. The quantitative estimate of drug-likeness (QED) is 0.0204. The number of allylic oxidation sites excluding steroid dienone is 29. The fourth-order valence-electron chi connectivity index (χ4n) is 9.11. The number of ether oxygens (including phenoxy) is 4. The highest BCUT2D eigenvalue weighted by molar-refractivity contribution is 5.76. The van der Waals surface area contributed by atoms with E-state index in [0.717, 1.165) is 128 Å². The number of aliphatic hydroxyl groups is 8. The Morgan fingerprint density at radius 2 is 0.805 bits per heavy atom. The van der Waals surface area contributed by atoms with Gasteiger partial charge in [0.25, 0.3) is 0 Å². The van der Waals surface area contributed by atoms with Crippen LogP contribution in [0.3, 0.4) is 0 Å². The van der Waals surface area contributed by atoms with Crippen LogP contribution >= 0.6 is 0 Å². The Labute approximate surface area is 523 Å². The molecule has 2 saturated heterocycles. The van der Waals surface area contributed by atoms with Crippen LogP contribution in [-0.2, 0) is 23.7 Å². The summed E-state index contributed by atoms with van der Waals surface area (Å²) in [6, 6.07) is -0.965. The zero-order valence-corrected chi connectivity index (χ0v) is 52.7. The van der Waals surface area contributed by atoms with Gasteiger partial charge in [0.1, 0.15) is 48.8 Å². The molecule has 0 aliphatic carbocycles. The van der Waals surface area contributed by atoms with E-state index in [9.17, 15) is 45.6 Å². The van der Waals surface area contributed by atoms with Gasteiger partial charge in [-0.2, -0.15) is 0 Å². The lowest BCUT2D eigenvalue weighted by molar-refractivity contribution is -0.359. The molecule has 0 aromatic carbocycles. The highest BCUT2D eigenvalue weighted by atomic mass is 16.7. The lowest BCUT2D eigenvalue weighted by Gasteiger charge is -2.46. The molecule has 2 aliphatic heterocycles. The van der Waals surface area contributed by atoms with Crippen LogP contribution in [0.15, 0.2) is 182 Å². The maximum Gasteiger partial charge on any atom is 0.220 e. The van der Waals surface area contributed by atoms with Crippen molar-refractivity contribution in [2.75, 3.05) is 19.8 Å². The van der Waals surface area contributed by atoms with Gasteiger partial charge >= 0.3 is 0 Å². The van der Waals surface area contributed by atoms with Crippen molar-refractivity contribution >= 4 is 5.91 Å². The molecule has 2 rings (SSSR count). The largest absolute Gasteiger partial charge is 0.394 e. The summed E-state index contributed by atoms with van der Waals surface area (Å²) in [5.74, 6) is -0.289. The minimum absolute atomic E-state index is 0.227. The highest BCUT2D eigenvalue weighted by Gasteiger charge is 2.51. The minimum Gasteiger partial charge on any atom is -0.394 e. The molecule has 2 fully saturated rings. The normalized spacial score (nSPS) is 24.5. The Hall–Kier alpha value is -4.91. The van der Waals surface area contributed by atoms with Crippen molar-refractivity contribution in [3.8, 4) is 0 Å². The van der Waals surface area contributed by atoms with Crippen molar-refractivity contribution in [3.05, 3.63) is 182 Å². The van der Waals surface area contributed by atoms with Crippen LogP contribution in [0.4, 0.5) is 0 Å². The lowest BCUT2D eigenvalue weighted by Crippen LogP contribution is -2.65. The molecule has 0 saturated carbocycles. The van der Waals surface area contributed by atoms with E-state index in [2.05, 4.69) is 189 Å². The number of unbranched alkanes of at least 4 members (excludes halogenated alkanes) is 8. The number of hydrogen-bond donors (Lipinski definition) is 9. The van der Waals surface area contributed by atoms with E-state index in [4.69, 9.17) is 18.9 Å². The molecule has 488 valence electrons.